The average Bonchev–Trinajstić information content (AvgIpc) is 2.82. The molecule has 1 aromatic rings. The first-order chi connectivity index (χ1) is 9.56. The molecule has 20 heavy (non-hydrogen) atoms. The van der Waals surface area contributed by atoms with Crippen LogP contribution in [0.3, 0.4) is 0 Å². The summed E-state index contributed by atoms with van der Waals surface area (Å²) in [4.78, 5) is 2.59. The maximum atomic E-state index is 12.6. The number of hydrogen-bond acceptors (Lipinski definition) is 4. The number of fused-ring (bicyclic) bond motifs is 1. The van der Waals surface area contributed by atoms with Gasteiger partial charge in [0, 0.05) is 24.8 Å². The van der Waals surface area contributed by atoms with Gasteiger partial charge >= 0.3 is 0 Å². The molecule has 0 bridgehead atoms. The van der Waals surface area contributed by atoms with Gasteiger partial charge in [-0.15, -0.1) is 0 Å². The monoisotopic (exact) mass is 295 g/mol. The first-order valence-electron chi connectivity index (χ1n) is 7.13. The molecular weight excluding hydrogens is 274 g/mol. The molecule has 3 rings (SSSR count). The van der Waals surface area contributed by atoms with Crippen LogP contribution in [0, 0.1) is 0 Å². The van der Waals surface area contributed by atoms with E-state index in [1.54, 1.807) is 6.07 Å². The summed E-state index contributed by atoms with van der Waals surface area (Å²) in [6, 6.07) is 5.51. The molecule has 2 N–H and O–H groups in total. The number of likely N-dealkylation sites (N-methyl/N-ethyl adjacent to an activating group) is 1. The Kier molecular flexibility index (Phi) is 3.70. The zero-order valence-electron chi connectivity index (χ0n) is 11.7. The lowest BCUT2D eigenvalue weighted by Crippen LogP contribution is -2.37. The summed E-state index contributed by atoms with van der Waals surface area (Å²) < 4.78 is 28.1. The summed E-state index contributed by atoms with van der Waals surface area (Å²) in [6.45, 7) is 2.64. The fourth-order valence-electron chi connectivity index (χ4n) is 3.04. The first-order valence-corrected chi connectivity index (χ1v) is 8.61. The quantitative estimate of drug-likeness (QED) is 0.874. The Morgan fingerprint density at radius 2 is 2.25 bits per heavy atom. The Bertz CT molecular complexity index is 600. The minimum Gasteiger partial charge on any atom is -0.385 e. The van der Waals surface area contributed by atoms with Crippen molar-refractivity contribution in [2.75, 3.05) is 32.0 Å². The van der Waals surface area contributed by atoms with E-state index in [0.717, 1.165) is 50.1 Å². The molecule has 6 heteroatoms. The third-order valence-electron chi connectivity index (χ3n) is 4.05. The molecule has 1 aromatic carbocycles. The van der Waals surface area contributed by atoms with E-state index >= 15 is 0 Å². The number of rotatable bonds is 3. The number of likely N-dealkylation sites (tertiary alicyclic amines) is 1. The molecule has 0 amide bonds. The maximum absolute atomic E-state index is 12.6. The van der Waals surface area contributed by atoms with Crippen molar-refractivity contribution in [2.45, 2.75) is 30.2 Å². The van der Waals surface area contributed by atoms with E-state index in [0.29, 0.717) is 4.90 Å². The molecule has 2 aliphatic rings. The van der Waals surface area contributed by atoms with Crippen LogP contribution in [0.2, 0.25) is 0 Å². The normalized spacial score (nSPS) is 23.4. The standard InChI is InChI=1S/C14H21N3O2S/c1-17-9-7-11(10-17)16-20(18,19)14-6-2-5-13-12(14)4-3-8-15-13/h2,5-6,11,15-16H,3-4,7-10H2,1H3. The SMILES string of the molecule is CN1CCC(NS(=O)(=O)c2cccc3c2CCCN3)C1. The summed E-state index contributed by atoms with van der Waals surface area (Å²) in [5, 5.41) is 3.28. The van der Waals surface area contributed by atoms with Crippen molar-refractivity contribution in [3.63, 3.8) is 0 Å². The molecule has 1 saturated heterocycles. The number of nitrogens with one attached hydrogen (secondary N) is 2. The van der Waals surface area contributed by atoms with Gasteiger partial charge in [-0.3, -0.25) is 0 Å². The summed E-state index contributed by atoms with van der Waals surface area (Å²) in [5.41, 5.74) is 1.89. The number of sulfonamides is 1. The number of benzene rings is 1. The Morgan fingerprint density at radius 3 is 3.00 bits per heavy atom. The summed E-state index contributed by atoms with van der Waals surface area (Å²) >= 11 is 0. The molecule has 0 aliphatic carbocycles. The highest BCUT2D eigenvalue weighted by Crippen LogP contribution is 2.28. The third-order valence-corrected chi connectivity index (χ3v) is 5.66. The van der Waals surface area contributed by atoms with Gasteiger partial charge in [0.25, 0.3) is 0 Å². The number of hydrogen-bond donors (Lipinski definition) is 2. The van der Waals surface area contributed by atoms with Crippen LogP contribution in [-0.4, -0.2) is 46.0 Å². The van der Waals surface area contributed by atoms with Gasteiger partial charge in [-0.05, 0) is 50.6 Å². The van der Waals surface area contributed by atoms with Gasteiger partial charge in [-0.25, -0.2) is 13.1 Å². The van der Waals surface area contributed by atoms with Crippen LogP contribution in [0.4, 0.5) is 5.69 Å². The second kappa shape index (κ2) is 5.35. The van der Waals surface area contributed by atoms with Crippen molar-refractivity contribution in [3.8, 4) is 0 Å². The van der Waals surface area contributed by atoms with Gasteiger partial charge in [-0.1, -0.05) is 6.07 Å². The lowest BCUT2D eigenvalue weighted by molar-refractivity contribution is 0.407. The Labute approximate surface area is 120 Å². The average molecular weight is 295 g/mol. The molecule has 0 aromatic heterocycles. The van der Waals surface area contributed by atoms with Crippen LogP contribution in [0.25, 0.3) is 0 Å². The van der Waals surface area contributed by atoms with Crippen LogP contribution in [-0.2, 0) is 16.4 Å². The van der Waals surface area contributed by atoms with Crippen molar-refractivity contribution in [2.24, 2.45) is 0 Å². The van der Waals surface area contributed by atoms with Gasteiger partial charge in [0.05, 0.1) is 4.90 Å². The molecule has 1 atom stereocenters. The Balaban J connectivity index is 1.87. The second-order valence-electron chi connectivity index (χ2n) is 5.68. The topological polar surface area (TPSA) is 61.4 Å². The summed E-state index contributed by atoms with van der Waals surface area (Å²) in [7, 11) is -1.41. The lowest BCUT2D eigenvalue weighted by Gasteiger charge is -2.22. The molecule has 2 aliphatic heterocycles. The zero-order chi connectivity index (χ0) is 14.2. The summed E-state index contributed by atoms with van der Waals surface area (Å²) in [6.07, 6.45) is 2.68. The van der Waals surface area contributed by atoms with Crippen molar-refractivity contribution < 1.29 is 8.42 Å². The number of nitrogens with zero attached hydrogens (tertiary/aromatic N) is 1. The molecular formula is C14H21N3O2S. The van der Waals surface area contributed by atoms with Gasteiger partial charge in [0.2, 0.25) is 10.0 Å². The zero-order valence-corrected chi connectivity index (χ0v) is 12.5. The molecule has 1 unspecified atom stereocenters. The second-order valence-corrected chi connectivity index (χ2v) is 7.36. The summed E-state index contributed by atoms with van der Waals surface area (Å²) in [5.74, 6) is 0. The van der Waals surface area contributed by atoms with Crippen molar-refractivity contribution in [1.29, 1.82) is 0 Å². The highest BCUT2D eigenvalue weighted by atomic mass is 32.2. The van der Waals surface area contributed by atoms with Crippen LogP contribution in [0.1, 0.15) is 18.4 Å². The largest absolute Gasteiger partial charge is 0.385 e. The third kappa shape index (κ3) is 2.68. The molecule has 0 saturated carbocycles. The van der Waals surface area contributed by atoms with E-state index in [1.165, 1.54) is 0 Å². The molecule has 5 nitrogen and oxygen atoms in total. The van der Waals surface area contributed by atoms with Crippen LogP contribution in [0.15, 0.2) is 23.1 Å². The molecule has 2 heterocycles. The maximum Gasteiger partial charge on any atom is 0.241 e. The minimum atomic E-state index is -3.43. The minimum absolute atomic E-state index is 0.0254. The molecule has 0 spiro atoms. The predicted octanol–water partition coefficient (Wildman–Crippen LogP) is 1.03. The predicted molar refractivity (Wildman–Crippen MR) is 79.5 cm³/mol. The van der Waals surface area contributed by atoms with Gasteiger partial charge in [0.1, 0.15) is 0 Å². The highest BCUT2D eigenvalue weighted by Gasteiger charge is 2.28. The van der Waals surface area contributed by atoms with Crippen LogP contribution < -0.4 is 10.0 Å². The van der Waals surface area contributed by atoms with E-state index < -0.39 is 10.0 Å². The van der Waals surface area contributed by atoms with E-state index in [2.05, 4.69) is 14.9 Å². The molecule has 110 valence electrons. The van der Waals surface area contributed by atoms with Gasteiger partial charge in [0.15, 0.2) is 0 Å². The smallest absolute Gasteiger partial charge is 0.241 e. The Morgan fingerprint density at radius 1 is 1.40 bits per heavy atom. The van der Waals surface area contributed by atoms with Crippen molar-refractivity contribution >= 4 is 15.7 Å². The van der Waals surface area contributed by atoms with E-state index in [1.807, 2.05) is 19.2 Å². The lowest BCUT2D eigenvalue weighted by atomic mass is 10.0. The van der Waals surface area contributed by atoms with E-state index in [9.17, 15) is 8.42 Å². The Hall–Kier alpha value is -1.11. The molecule has 0 radical (unpaired) electrons. The fraction of sp³-hybridized carbons (Fsp3) is 0.571. The van der Waals surface area contributed by atoms with Crippen LogP contribution in [0.5, 0.6) is 0 Å². The van der Waals surface area contributed by atoms with Crippen molar-refractivity contribution in [3.05, 3.63) is 23.8 Å². The molecule has 1 fully saturated rings. The van der Waals surface area contributed by atoms with Gasteiger partial charge < -0.3 is 10.2 Å². The van der Waals surface area contributed by atoms with E-state index in [4.69, 9.17) is 0 Å². The fourth-order valence-corrected chi connectivity index (χ4v) is 4.60. The highest BCUT2D eigenvalue weighted by molar-refractivity contribution is 7.89. The number of anilines is 1. The first kappa shape index (κ1) is 13.9. The van der Waals surface area contributed by atoms with Crippen LogP contribution >= 0.6 is 0 Å². The van der Waals surface area contributed by atoms with Gasteiger partial charge in [-0.2, -0.15) is 0 Å². The van der Waals surface area contributed by atoms with E-state index in [-0.39, 0.29) is 6.04 Å². The van der Waals surface area contributed by atoms with Crippen molar-refractivity contribution in [1.82, 2.24) is 9.62 Å².